The van der Waals surface area contributed by atoms with Crippen molar-refractivity contribution in [1.82, 2.24) is 0 Å². The smallest absolute Gasteiger partial charge is 0.0686 e. The van der Waals surface area contributed by atoms with E-state index in [9.17, 15) is 0 Å². The van der Waals surface area contributed by atoms with E-state index in [1.54, 1.807) is 0 Å². The zero-order valence-corrected chi connectivity index (χ0v) is 14.6. The first-order chi connectivity index (χ1) is 9.10. The Hall–Kier alpha value is 0.350. The fraction of sp³-hybridized carbons (Fsp3) is 0.600. The summed E-state index contributed by atoms with van der Waals surface area (Å²) in [7, 11) is 0. The van der Waals surface area contributed by atoms with Gasteiger partial charge in [-0.3, -0.25) is 0 Å². The maximum atomic E-state index is 6.55. The number of ether oxygens (including phenoxy) is 1. The van der Waals surface area contributed by atoms with E-state index in [1.165, 1.54) is 28.4 Å². The molecule has 0 aromatic heterocycles. The van der Waals surface area contributed by atoms with Crippen molar-refractivity contribution in [2.75, 3.05) is 6.61 Å². The average molecular weight is 436 g/mol. The summed E-state index contributed by atoms with van der Waals surface area (Å²) in [6.07, 6.45) is 5.98. The molecule has 2 N–H and O–H groups in total. The minimum atomic E-state index is 0.116. The Kier molecular flexibility index (Phi) is 4.23. The number of hydrogen-bond acceptors (Lipinski definition) is 2. The number of nitrogens with two attached hydrogens (primary N) is 1. The van der Waals surface area contributed by atoms with Crippen LogP contribution in [-0.4, -0.2) is 12.2 Å². The summed E-state index contributed by atoms with van der Waals surface area (Å²) in [5, 5.41) is 0. The van der Waals surface area contributed by atoms with Crippen molar-refractivity contribution in [3.8, 4) is 0 Å². The summed E-state index contributed by atoms with van der Waals surface area (Å²) in [5.74, 6) is 0.545. The summed E-state index contributed by atoms with van der Waals surface area (Å²) in [6, 6.07) is 6.54. The van der Waals surface area contributed by atoms with Gasteiger partial charge >= 0.3 is 0 Å². The average Bonchev–Trinajstić information content (AvgIpc) is 2.39. The third kappa shape index (κ3) is 2.87. The van der Waals surface area contributed by atoms with E-state index in [4.69, 9.17) is 10.5 Å². The zero-order chi connectivity index (χ0) is 13.5. The zero-order valence-electron chi connectivity index (χ0n) is 10.9. The monoisotopic (exact) mass is 435 g/mol. The van der Waals surface area contributed by atoms with E-state index >= 15 is 0 Å². The molecule has 1 aliphatic carbocycles. The molecule has 1 aliphatic heterocycles. The predicted octanol–water partition coefficient (Wildman–Crippen LogP) is 4.40. The van der Waals surface area contributed by atoms with Gasteiger partial charge in [-0.1, -0.05) is 15.9 Å². The Morgan fingerprint density at radius 1 is 1.42 bits per heavy atom. The largest absolute Gasteiger partial charge is 0.375 e. The van der Waals surface area contributed by atoms with Gasteiger partial charge in [0, 0.05) is 20.7 Å². The van der Waals surface area contributed by atoms with Gasteiger partial charge in [0.05, 0.1) is 5.60 Å². The van der Waals surface area contributed by atoms with Crippen LogP contribution in [0.2, 0.25) is 0 Å². The molecule has 3 rings (SSSR count). The first kappa shape index (κ1) is 14.3. The lowest BCUT2D eigenvalue weighted by Crippen LogP contribution is -2.47. The molecule has 2 aliphatic rings. The lowest BCUT2D eigenvalue weighted by atomic mass is 9.70. The summed E-state index contributed by atoms with van der Waals surface area (Å²) in [6.45, 7) is 0.875. The van der Waals surface area contributed by atoms with Crippen LogP contribution < -0.4 is 5.73 Å². The van der Waals surface area contributed by atoms with Gasteiger partial charge in [-0.25, -0.2) is 0 Å². The molecule has 0 radical (unpaired) electrons. The van der Waals surface area contributed by atoms with Gasteiger partial charge in [0.15, 0.2) is 0 Å². The molecule has 1 heterocycles. The molecule has 19 heavy (non-hydrogen) atoms. The Morgan fingerprint density at radius 2 is 2.21 bits per heavy atom. The van der Waals surface area contributed by atoms with Crippen molar-refractivity contribution in [3.05, 3.63) is 31.8 Å². The molecule has 0 amide bonds. The molecule has 1 saturated carbocycles. The number of halogens is 2. The van der Waals surface area contributed by atoms with Crippen LogP contribution in [0, 0.1) is 9.49 Å². The van der Waals surface area contributed by atoms with E-state index in [0.717, 1.165) is 23.9 Å². The fourth-order valence-corrected chi connectivity index (χ4v) is 4.34. The van der Waals surface area contributed by atoms with Crippen molar-refractivity contribution >= 4 is 38.5 Å². The van der Waals surface area contributed by atoms with Gasteiger partial charge in [-0.05, 0) is 84.4 Å². The molecule has 104 valence electrons. The molecular weight excluding hydrogens is 417 g/mol. The summed E-state index contributed by atoms with van der Waals surface area (Å²) in [5.41, 5.74) is 7.97. The number of benzene rings is 1. The molecule has 0 bridgehead atoms. The molecule has 1 spiro atoms. The highest BCUT2D eigenvalue weighted by molar-refractivity contribution is 14.1. The summed E-state index contributed by atoms with van der Waals surface area (Å²) >= 11 is 5.99. The van der Waals surface area contributed by atoms with Gasteiger partial charge in [0.2, 0.25) is 0 Å². The highest BCUT2D eigenvalue weighted by atomic mass is 127. The Labute approximate surface area is 136 Å². The predicted molar refractivity (Wildman–Crippen MR) is 89.0 cm³/mol. The molecule has 2 unspecified atom stereocenters. The van der Waals surface area contributed by atoms with Gasteiger partial charge in [0.1, 0.15) is 0 Å². The molecule has 2 atom stereocenters. The minimum Gasteiger partial charge on any atom is -0.375 e. The molecule has 2 nitrogen and oxygen atoms in total. The lowest BCUT2D eigenvalue weighted by Gasteiger charge is -2.48. The number of hydrogen-bond donors (Lipinski definition) is 1. The van der Waals surface area contributed by atoms with Crippen molar-refractivity contribution in [2.45, 2.75) is 43.7 Å². The van der Waals surface area contributed by atoms with Crippen LogP contribution >= 0.6 is 38.5 Å². The van der Waals surface area contributed by atoms with Crippen LogP contribution in [0.5, 0.6) is 0 Å². The van der Waals surface area contributed by atoms with Crippen LogP contribution in [0.15, 0.2) is 22.7 Å². The first-order valence-corrected chi connectivity index (χ1v) is 8.81. The van der Waals surface area contributed by atoms with E-state index in [-0.39, 0.29) is 11.6 Å². The molecule has 1 saturated heterocycles. The molecular formula is C15H19BrINO. The van der Waals surface area contributed by atoms with Crippen molar-refractivity contribution < 1.29 is 4.74 Å². The molecule has 1 aromatic rings. The van der Waals surface area contributed by atoms with Gasteiger partial charge in [0.25, 0.3) is 0 Å². The van der Waals surface area contributed by atoms with E-state index in [2.05, 4.69) is 56.7 Å². The van der Waals surface area contributed by atoms with Crippen LogP contribution in [0.25, 0.3) is 0 Å². The standard InChI is InChI=1S/C15H19BrINO/c16-13-3-2-11(17)8-12(13)14(18)10-4-7-19-15(9-10)5-1-6-15/h2-3,8,10,14H,1,4-7,9,18H2. The molecule has 4 heteroatoms. The van der Waals surface area contributed by atoms with E-state index in [0.29, 0.717) is 5.92 Å². The summed E-state index contributed by atoms with van der Waals surface area (Å²) in [4.78, 5) is 0. The topological polar surface area (TPSA) is 35.2 Å². The van der Waals surface area contributed by atoms with Gasteiger partial charge in [-0.15, -0.1) is 0 Å². The highest BCUT2D eigenvalue weighted by Gasteiger charge is 2.44. The second-order valence-corrected chi connectivity index (χ2v) is 7.93. The van der Waals surface area contributed by atoms with Crippen LogP contribution in [-0.2, 0) is 4.74 Å². The third-order valence-electron chi connectivity index (χ3n) is 4.62. The maximum Gasteiger partial charge on any atom is 0.0686 e. The molecule has 2 fully saturated rings. The maximum absolute atomic E-state index is 6.55. The second kappa shape index (κ2) is 5.62. The summed E-state index contributed by atoms with van der Waals surface area (Å²) < 4.78 is 8.38. The van der Waals surface area contributed by atoms with E-state index < -0.39 is 0 Å². The van der Waals surface area contributed by atoms with Crippen LogP contribution in [0.4, 0.5) is 0 Å². The third-order valence-corrected chi connectivity index (χ3v) is 6.01. The Morgan fingerprint density at radius 3 is 2.89 bits per heavy atom. The van der Waals surface area contributed by atoms with Crippen LogP contribution in [0.3, 0.4) is 0 Å². The number of rotatable bonds is 2. The Bertz CT molecular complexity index is 475. The fourth-order valence-electron chi connectivity index (χ4n) is 3.32. The van der Waals surface area contributed by atoms with Crippen molar-refractivity contribution in [1.29, 1.82) is 0 Å². The first-order valence-electron chi connectivity index (χ1n) is 6.94. The SMILES string of the molecule is NC(c1cc(I)ccc1Br)C1CCOC2(CCC2)C1. The van der Waals surface area contributed by atoms with Gasteiger partial charge in [-0.2, -0.15) is 0 Å². The highest BCUT2D eigenvalue weighted by Crippen LogP contribution is 2.47. The van der Waals surface area contributed by atoms with E-state index in [1.807, 2.05) is 0 Å². The van der Waals surface area contributed by atoms with Crippen molar-refractivity contribution in [2.24, 2.45) is 11.7 Å². The van der Waals surface area contributed by atoms with Crippen LogP contribution in [0.1, 0.15) is 43.7 Å². The lowest BCUT2D eigenvalue weighted by molar-refractivity contribution is -0.146. The minimum absolute atomic E-state index is 0.116. The quantitative estimate of drug-likeness (QED) is 0.698. The normalized spacial score (nSPS) is 27.0. The second-order valence-electron chi connectivity index (χ2n) is 5.83. The van der Waals surface area contributed by atoms with Gasteiger partial charge < -0.3 is 10.5 Å². The van der Waals surface area contributed by atoms with Crippen molar-refractivity contribution in [3.63, 3.8) is 0 Å². The molecule has 1 aromatic carbocycles. The Balaban J connectivity index is 1.79.